The summed E-state index contributed by atoms with van der Waals surface area (Å²) < 4.78 is 6.27. The maximum atomic E-state index is 13.0. The number of nitrogens with zero attached hydrogens (tertiary/aromatic N) is 3. The number of carbonyl (C=O) groups is 1. The van der Waals surface area contributed by atoms with Crippen molar-refractivity contribution in [2.45, 2.75) is 57.8 Å². The van der Waals surface area contributed by atoms with E-state index in [0.717, 1.165) is 69.3 Å². The second-order valence-electron chi connectivity index (χ2n) is 10.8. The number of rotatable bonds is 4. The number of carbonyl (C=O) groups excluding carboxylic acids is 1. The molecule has 1 aromatic carbocycles. The Kier molecular flexibility index (Phi) is 7.48. The molecule has 1 saturated heterocycles. The first kappa shape index (κ1) is 23.3. The van der Waals surface area contributed by atoms with Crippen LogP contribution in [-0.2, 0) is 17.6 Å². The Labute approximate surface area is 204 Å². The highest BCUT2D eigenvalue weighted by molar-refractivity contribution is 5.78. The Balaban J connectivity index is 1.24. The van der Waals surface area contributed by atoms with Crippen LogP contribution in [0, 0.1) is 11.3 Å². The number of likely N-dealkylation sites (tertiary alicyclic amines) is 1. The van der Waals surface area contributed by atoms with E-state index in [-0.39, 0.29) is 5.91 Å². The van der Waals surface area contributed by atoms with E-state index in [2.05, 4.69) is 39.0 Å². The van der Waals surface area contributed by atoms with Crippen molar-refractivity contribution in [1.82, 2.24) is 14.8 Å². The quantitative estimate of drug-likeness (QED) is 0.659. The fraction of sp³-hybridized carbons (Fsp3) is 0.586. The average molecular weight is 462 g/mol. The zero-order valence-electron chi connectivity index (χ0n) is 20.5. The molecule has 3 heterocycles. The van der Waals surface area contributed by atoms with Crippen LogP contribution >= 0.6 is 0 Å². The van der Waals surface area contributed by atoms with Gasteiger partial charge in [-0.3, -0.25) is 14.7 Å². The molecule has 5 nitrogen and oxygen atoms in total. The summed E-state index contributed by atoms with van der Waals surface area (Å²) in [5.74, 6) is 2.19. The van der Waals surface area contributed by atoms with Gasteiger partial charge in [-0.25, -0.2) is 0 Å². The van der Waals surface area contributed by atoms with Gasteiger partial charge in [0, 0.05) is 45.1 Å². The van der Waals surface area contributed by atoms with Crippen molar-refractivity contribution in [1.29, 1.82) is 0 Å². The van der Waals surface area contributed by atoms with Crippen molar-refractivity contribution in [3.8, 4) is 5.75 Å². The Morgan fingerprint density at radius 2 is 1.88 bits per heavy atom. The van der Waals surface area contributed by atoms with Crippen LogP contribution in [0.3, 0.4) is 0 Å². The van der Waals surface area contributed by atoms with Gasteiger partial charge >= 0.3 is 0 Å². The lowest BCUT2D eigenvalue weighted by Gasteiger charge is -2.45. The largest absolute Gasteiger partial charge is 0.492 e. The molecule has 5 rings (SSSR count). The molecule has 0 atom stereocenters. The molecule has 1 spiro atoms. The highest BCUT2D eigenvalue weighted by Gasteiger charge is 2.38. The van der Waals surface area contributed by atoms with Crippen molar-refractivity contribution >= 4 is 5.91 Å². The van der Waals surface area contributed by atoms with Gasteiger partial charge in [0.2, 0.25) is 5.91 Å². The van der Waals surface area contributed by atoms with Gasteiger partial charge in [0.25, 0.3) is 0 Å². The Morgan fingerprint density at radius 1 is 1.03 bits per heavy atom. The van der Waals surface area contributed by atoms with Gasteiger partial charge in [-0.05, 0) is 79.5 Å². The van der Waals surface area contributed by atoms with E-state index in [9.17, 15) is 4.79 Å². The molecule has 0 unspecified atom stereocenters. The van der Waals surface area contributed by atoms with E-state index in [4.69, 9.17) is 4.74 Å². The minimum atomic E-state index is 0.246. The second kappa shape index (κ2) is 10.9. The molecule has 2 aliphatic heterocycles. The molecule has 0 N–H and O–H groups in total. The maximum Gasteiger partial charge on any atom is 0.227 e. The Morgan fingerprint density at radius 3 is 2.68 bits per heavy atom. The number of hydrogen-bond acceptors (Lipinski definition) is 4. The smallest absolute Gasteiger partial charge is 0.227 e. The number of para-hydroxylation sites is 1. The summed E-state index contributed by atoms with van der Waals surface area (Å²) in [7, 11) is 0. The number of benzene rings is 1. The molecule has 5 heteroatoms. The fourth-order valence-electron chi connectivity index (χ4n) is 5.83. The van der Waals surface area contributed by atoms with E-state index in [0.29, 0.717) is 11.8 Å². The summed E-state index contributed by atoms with van der Waals surface area (Å²) in [5, 5.41) is 0. The normalized spacial score (nSPS) is 21.7. The van der Waals surface area contributed by atoms with Gasteiger partial charge in [-0.1, -0.05) is 30.7 Å². The van der Waals surface area contributed by atoms with Crippen LogP contribution in [0.1, 0.15) is 56.1 Å². The molecule has 1 amide bonds. The summed E-state index contributed by atoms with van der Waals surface area (Å²) in [6, 6.07) is 12.5. The van der Waals surface area contributed by atoms with Gasteiger partial charge in [-0.15, -0.1) is 0 Å². The zero-order valence-corrected chi connectivity index (χ0v) is 20.5. The number of amides is 1. The number of ether oxygens (including phenoxy) is 1. The molecule has 34 heavy (non-hydrogen) atoms. The Bertz CT molecular complexity index is 935. The molecule has 0 radical (unpaired) electrons. The lowest BCUT2D eigenvalue weighted by atomic mass is 9.73. The van der Waals surface area contributed by atoms with Gasteiger partial charge in [-0.2, -0.15) is 0 Å². The summed E-state index contributed by atoms with van der Waals surface area (Å²) >= 11 is 0. The van der Waals surface area contributed by atoms with Crippen LogP contribution in [0.25, 0.3) is 0 Å². The SMILES string of the molecule is O=C(Cc1cccnc1)N1CCC2(CCCCc3ccccc3OCCN(CC3CC3)C2)CC1. The van der Waals surface area contributed by atoms with Gasteiger partial charge < -0.3 is 9.64 Å². The first-order valence-corrected chi connectivity index (χ1v) is 13.3. The fourth-order valence-corrected chi connectivity index (χ4v) is 5.83. The summed E-state index contributed by atoms with van der Waals surface area (Å²) in [4.78, 5) is 21.9. The molecule has 2 fully saturated rings. The molecule has 1 aliphatic carbocycles. The predicted molar refractivity (Wildman–Crippen MR) is 135 cm³/mol. The number of pyridine rings is 1. The van der Waals surface area contributed by atoms with E-state index in [1.807, 2.05) is 18.3 Å². The molecule has 1 aromatic heterocycles. The standard InChI is InChI=1S/C29H39N3O2/c33-28(20-25-6-5-15-30-21-25)32-16-13-29(14-17-32)12-4-3-8-26-7-1-2-9-27(26)34-19-18-31(23-29)22-24-10-11-24/h1-2,5-7,9,15,21,24H,3-4,8,10-14,16-20,22-23H2. The zero-order chi connectivity index (χ0) is 23.2. The third-order valence-corrected chi connectivity index (χ3v) is 8.07. The highest BCUT2D eigenvalue weighted by atomic mass is 16.5. The van der Waals surface area contributed by atoms with Crippen molar-refractivity contribution in [3.63, 3.8) is 0 Å². The maximum absolute atomic E-state index is 13.0. The van der Waals surface area contributed by atoms with E-state index >= 15 is 0 Å². The van der Waals surface area contributed by atoms with Crippen LogP contribution < -0.4 is 4.74 Å². The van der Waals surface area contributed by atoms with Gasteiger partial charge in [0.15, 0.2) is 0 Å². The Hall–Kier alpha value is -2.40. The second-order valence-corrected chi connectivity index (χ2v) is 10.8. The van der Waals surface area contributed by atoms with Crippen molar-refractivity contribution in [2.75, 3.05) is 39.3 Å². The van der Waals surface area contributed by atoms with Crippen molar-refractivity contribution in [2.24, 2.45) is 11.3 Å². The highest BCUT2D eigenvalue weighted by Crippen LogP contribution is 2.40. The lowest BCUT2D eigenvalue weighted by molar-refractivity contribution is -0.133. The first-order chi connectivity index (χ1) is 16.7. The van der Waals surface area contributed by atoms with Crippen molar-refractivity contribution < 1.29 is 9.53 Å². The van der Waals surface area contributed by atoms with Gasteiger partial charge in [0.1, 0.15) is 12.4 Å². The van der Waals surface area contributed by atoms with Crippen molar-refractivity contribution in [3.05, 3.63) is 59.9 Å². The van der Waals surface area contributed by atoms with Gasteiger partial charge in [0.05, 0.1) is 6.42 Å². The number of piperidine rings is 1. The number of aromatic nitrogens is 1. The van der Waals surface area contributed by atoms with E-state index in [1.165, 1.54) is 44.2 Å². The summed E-state index contributed by atoms with van der Waals surface area (Å²) in [6.45, 7) is 5.88. The average Bonchev–Trinajstić information content (AvgIpc) is 3.67. The number of hydrogen-bond donors (Lipinski definition) is 0. The summed E-state index contributed by atoms with van der Waals surface area (Å²) in [6.07, 6.45) is 13.8. The minimum Gasteiger partial charge on any atom is -0.492 e. The predicted octanol–water partition coefficient (Wildman–Crippen LogP) is 4.75. The first-order valence-electron chi connectivity index (χ1n) is 13.3. The molecule has 182 valence electrons. The van der Waals surface area contributed by atoms with Crippen LogP contribution in [0.2, 0.25) is 0 Å². The molecule has 0 bridgehead atoms. The molecule has 1 saturated carbocycles. The number of fused-ring (bicyclic) bond motifs is 1. The molecular formula is C29H39N3O2. The topological polar surface area (TPSA) is 45.7 Å². The molecular weight excluding hydrogens is 422 g/mol. The van der Waals surface area contributed by atoms with E-state index in [1.54, 1.807) is 6.20 Å². The van der Waals surface area contributed by atoms with Crippen LogP contribution in [-0.4, -0.2) is 60.0 Å². The minimum absolute atomic E-state index is 0.246. The number of aryl methyl sites for hydroxylation is 1. The molecule has 2 aromatic rings. The van der Waals surface area contributed by atoms with Crippen LogP contribution in [0.15, 0.2) is 48.8 Å². The third kappa shape index (κ3) is 6.18. The molecule has 3 aliphatic rings. The monoisotopic (exact) mass is 461 g/mol. The third-order valence-electron chi connectivity index (χ3n) is 8.07. The van der Waals surface area contributed by atoms with Crippen LogP contribution in [0.5, 0.6) is 5.75 Å². The lowest BCUT2D eigenvalue weighted by Crippen LogP contribution is -2.49. The van der Waals surface area contributed by atoms with E-state index < -0.39 is 0 Å². The summed E-state index contributed by atoms with van der Waals surface area (Å²) in [5.41, 5.74) is 2.68. The van der Waals surface area contributed by atoms with Crippen LogP contribution in [0.4, 0.5) is 0 Å².